The summed E-state index contributed by atoms with van der Waals surface area (Å²) in [6, 6.07) is 11.2. The summed E-state index contributed by atoms with van der Waals surface area (Å²) in [7, 11) is -5.73. The summed E-state index contributed by atoms with van der Waals surface area (Å²) >= 11 is 0. The molecule has 1 amide bonds. The number of nitrogens with two attached hydrogens (primary N) is 1. The van der Waals surface area contributed by atoms with Crippen molar-refractivity contribution < 1.29 is 23.3 Å². The second kappa shape index (κ2) is 6.18. The van der Waals surface area contributed by atoms with E-state index in [0.717, 1.165) is 0 Å². The lowest BCUT2D eigenvalue weighted by Crippen LogP contribution is -2.31. The van der Waals surface area contributed by atoms with Crippen molar-refractivity contribution in [1.29, 1.82) is 0 Å². The molecule has 0 saturated heterocycles. The van der Waals surface area contributed by atoms with Crippen molar-refractivity contribution in [2.45, 2.75) is 4.90 Å². The van der Waals surface area contributed by atoms with E-state index in [0.29, 0.717) is 0 Å². The van der Waals surface area contributed by atoms with Gasteiger partial charge in [-0.05, 0) is 35.8 Å². The number of anilines is 1. The van der Waals surface area contributed by atoms with Crippen LogP contribution < -0.4 is 15.9 Å². The molecular weight excluding hydrogens is 307 g/mol. The van der Waals surface area contributed by atoms with Crippen molar-refractivity contribution in [2.75, 3.05) is 4.72 Å². The Morgan fingerprint density at radius 1 is 1.09 bits per heavy atom. The molecule has 0 saturated carbocycles. The fourth-order valence-corrected chi connectivity index (χ4v) is 2.88. The Morgan fingerprint density at radius 3 is 2.27 bits per heavy atom. The van der Waals surface area contributed by atoms with Gasteiger partial charge in [-0.1, -0.05) is 18.2 Å². The maximum Gasteiger partial charge on any atom is 0.488 e. The smallest absolute Gasteiger partial charge is 0.423 e. The van der Waals surface area contributed by atoms with E-state index in [4.69, 9.17) is 5.73 Å². The number of carbonyl (C=O) groups is 1. The zero-order chi connectivity index (χ0) is 16.3. The zero-order valence-corrected chi connectivity index (χ0v) is 12.1. The standard InChI is InChI=1S/C13H13BN2O5S/c15-13(17)9-6-10(14(18)19)8-11(7-9)16-22(20,21)12-4-2-1-3-5-12/h1-8,16,18-19H,(H2,15,17). The Kier molecular flexibility index (Phi) is 4.50. The van der Waals surface area contributed by atoms with Crippen molar-refractivity contribution in [3.8, 4) is 0 Å². The van der Waals surface area contributed by atoms with Gasteiger partial charge in [0.25, 0.3) is 10.0 Å². The molecule has 0 radical (unpaired) electrons. The third-order valence-corrected chi connectivity index (χ3v) is 4.24. The van der Waals surface area contributed by atoms with Crippen molar-refractivity contribution in [2.24, 2.45) is 5.73 Å². The van der Waals surface area contributed by atoms with Gasteiger partial charge in [-0.15, -0.1) is 0 Å². The van der Waals surface area contributed by atoms with Gasteiger partial charge in [-0.2, -0.15) is 0 Å². The first-order valence-corrected chi connectivity index (χ1v) is 7.67. The first kappa shape index (κ1) is 16.0. The normalized spacial score (nSPS) is 11.0. The quantitative estimate of drug-likeness (QED) is 0.540. The van der Waals surface area contributed by atoms with E-state index in [9.17, 15) is 23.3 Å². The maximum absolute atomic E-state index is 12.2. The minimum Gasteiger partial charge on any atom is -0.423 e. The van der Waals surface area contributed by atoms with Crippen LogP contribution in [-0.2, 0) is 10.0 Å². The molecule has 0 heterocycles. The summed E-state index contributed by atoms with van der Waals surface area (Å²) in [6.07, 6.45) is 0. The fourth-order valence-electron chi connectivity index (χ4n) is 1.82. The minimum absolute atomic E-state index is 0.00301. The van der Waals surface area contributed by atoms with E-state index < -0.39 is 23.0 Å². The molecule has 0 spiro atoms. The number of primary amides is 1. The largest absolute Gasteiger partial charge is 0.488 e. The van der Waals surface area contributed by atoms with Crippen LogP contribution >= 0.6 is 0 Å². The van der Waals surface area contributed by atoms with E-state index >= 15 is 0 Å². The summed E-state index contributed by atoms with van der Waals surface area (Å²) in [5.41, 5.74) is 5.05. The monoisotopic (exact) mass is 320 g/mol. The Hall–Kier alpha value is -2.36. The van der Waals surface area contributed by atoms with Gasteiger partial charge in [0.15, 0.2) is 0 Å². The Balaban J connectivity index is 2.43. The van der Waals surface area contributed by atoms with Crippen molar-refractivity contribution >= 4 is 34.2 Å². The van der Waals surface area contributed by atoms with Crippen molar-refractivity contribution in [1.82, 2.24) is 0 Å². The van der Waals surface area contributed by atoms with E-state index in [2.05, 4.69) is 4.72 Å². The van der Waals surface area contributed by atoms with Gasteiger partial charge >= 0.3 is 7.12 Å². The van der Waals surface area contributed by atoms with Gasteiger partial charge in [0.1, 0.15) is 0 Å². The number of amides is 1. The molecule has 0 aliphatic carbocycles. The molecule has 2 aromatic carbocycles. The summed E-state index contributed by atoms with van der Waals surface area (Å²) in [5.74, 6) is -0.817. The highest BCUT2D eigenvalue weighted by molar-refractivity contribution is 7.92. The highest BCUT2D eigenvalue weighted by Gasteiger charge is 2.18. The number of rotatable bonds is 5. The summed E-state index contributed by atoms with van der Waals surface area (Å²) < 4.78 is 26.7. The molecule has 7 nitrogen and oxygen atoms in total. The molecule has 0 atom stereocenters. The van der Waals surface area contributed by atoms with E-state index in [-0.39, 0.29) is 21.6 Å². The molecule has 9 heteroatoms. The van der Waals surface area contributed by atoms with Crippen LogP contribution in [0.1, 0.15) is 10.4 Å². The predicted molar refractivity (Wildman–Crippen MR) is 82.0 cm³/mol. The van der Waals surface area contributed by atoms with Crippen LogP contribution in [0.3, 0.4) is 0 Å². The van der Waals surface area contributed by atoms with Crippen LogP contribution in [0.5, 0.6) is 0 Å². The molecule has 0 aliphatic heterocycles. The zero-order valence-electron chi connectivity index (χ0n) is 11.3. The van der Waals surface area contributed by atoms with Crippen LogP contribution in [0, 0.1) is 0 Å². The van der Waals surface area contributed by atoms with Gasteiger partial charge in [0, 0.05) is 11.3 Å². The van der Waals surface area contributed by atoms with Gasteiger partial charge in [-0.25, -0.2) is 8.42 Å². The molecule has 2 rings (SSSR count). The van der Waals surface area contributed by atoms with Crippen LogP contribution in [-0.4, -0.2) is 31.5 Å². The van der Waals surface area contributed by atoms with E-state index in [1.54, 1.807) is 18.2 Å². The number of sulfonamides is 1. The highest BCUT2D eigenvalue weighted by atomic mass is 32.2. The van der Waals surface area contributed by atoms with Gasteiger partial charge in [0.2, 0.25) is 5.91 Å². The third-order valence-electron chi connectivity index (χ3n) is 2.84. The minimum atomic E-state index is -3.86. The van der Waals surface area contributed by atoms with Crippen molar-refractivity contribution in [3.05, 3.63) is 54.1 Å². The number of nitrogens with one attached hydrogen (secondary N) is 1. The molecule has 0 bridgehead atoms. The topological polar surface area (TPSA) is 130 Å². The van der Waals surface area contributed by atoms with Crippen LogP contribution in [0.2, 0.25) is 0 Å². The molecule has 0 aliphatic rings. The molecule has 0 unspecified atom stereocenters. The molecule has 0 fully saturated rings. The van der Waals surface area contributed by atoms with Gasteiger partial charge in [-0.3, -0.25) is 9.52 Å². The van der Waals surface area contributed by atoms with E-state index in [1.807, 2.05) is 0 Å². The Bertz CT molecular complexity index is 793. The number of benzene rings is 2. The number of hydrogen-bond acceptors (Lipinski definition) is 5. The Morgan fingerprint density at radius 2 is 1.73 bits per heavy atom. The number of carbonyl (C=O) groups excluding carboxylic acids is 1. The lowest BCUT2D eigenvalue weighted by atomic mass is 9.79. The predicted octanol–water partition coefficient (Wildman–Crippen LogP) is -0.734. The molecule has 22 heavy (non-hydrogen) atoms. The third kappa shape index (κ3) is 3.64. The molecule has 114 valence electrons. The summed E-state index contributed by atoms with van der Waals surface area (Å²) in [5, 5.41) is 18.4. The Labute approximate surface area is 127 Å². The maximum atomic E-state index is 12.2. The first-order valence-electron chi connectivity index (χ1n) is 6.18. The average Bonchev–Trinajstić information content (AvgIpc) is 2.47. The lowest BCUT2D eigenvalue weighted by Gasteiger charge is -2.11. The molecule has 0 aromatic heterocycles. The van der Waals surface area contributed by atoms with Crippen molar-refractivity contribution in [3.63, 3.8) is 0 Å². The van der Waals surface area contributed by atoms with E-state index in [1.165, 1.54) is 30.3 Å². The fraction of sp³-hybridized carbons (Fsp3) is 0. The molecule has 2 aromatic rings. The molecular formula is C13H13BN2O5S. The lowest BCUT2D eigenvalue weighted by molar-refractivity contribution is 0.100. The van der Waals surface area contributed by atoms with Gasteiger partial charge in [0.05, 0.1) is 4.90 Å². The summed E-state index contributed by atoms with van der Waals surface area (Å²) in [4.78, 5) is 11.3. The van der Waals surface area contributed by atoms with Crippen LogP contribution in [0.4, 0.5) is 5.69 Å². The van der Waals surface area contributed by atoms with Crippen LogP contribution in [0.15, 0.2) is 53.4 Å². The van der Waals surface area contributed by atoms with Crippen LogP contribution in [0.25, 0.3) is 0 Å². The second-order valence-electron chi connectivity index (χ2n) is 4.50. The SMILES string of the molecule is NC(=O)c1cc(NS(=O)(=O)c2ccccc2)cc(B(O)O)c1. The summed E-state index contributed by atoms with van der Waals surface area (Å²) in [6.45, 7) is 0. The van der Waals surface area contributed by atoms with Gasteiger partial charge < -0.3 is 15.8 Å². The number of hydrogen-bond donors (Lipinski definition) is 4. The highest BCUT2D eigenvalue weighted by Crippen LogP contribution is 2.16. The first-order chi connectivity index (χ1) is 10.3. The average molecular weight is 320 g/mol. The molecule has 5 N–H and O–H groups in total. The second-order valence-corrected chi connectivity index (χ2v) is 6.18.